The van der Waals surface area contributed by atoms with Crippen molar-refractivity contribution < 1.29 is 9.31 Å². The summed E-state index contributed by atoms with van der Waals surface area (Å²) in [6, 6.07) is 7.89. The summed E-state index contributed by atoms with van der Waals surface area (Å²) in [5, 5.41) is 10.7. The topological polar surface area (TPSA) is 62.5 Å². The quantitative estimate of drug-likeness (QED) is 0.622. The minimum Gasteiger partial charge on any atom is -0.297 e. The van der Waals surface area contributed by atoms with E-state index < -0.39 is 10.7 Å². The molecule has 0 bridgehead atoms. The largest absolute Gasteiger partial charge is 0.297 e. The molecule has 2 heterocycles. The lowest BCUT2D eigenvalue weighted by Gasteiger charge is -2.34. The first-order valence-electron chi connectivity index (χ1n) is 7.88. The van der Waals surface area contributed by atoms with Gasteiger partial charge in [-0.3, -0.25) is 24.9 Å². The number of aromatic nitrogens is 1. The van der Waals surface area contributed by atoms with Gasteiger partial charge < -0.3 is 0 Å². The lowest BCUT2D eigenvalue weighted by molar-refractivity contribution is -0.385. The molecule has 7 heteroatoms. The van der Waals surface area contributed by atoms with E-state index in [1.165, 1.54) is 17.7 Å². The standard InChI is InChI=1S/C17H19FN4O2/c18-17-11-16(22(23)24)2-1-15(17)13-21-9-7-20(8-10-21)12-14-3-5-19-6-4-14/h1-6,11H,7-10,12-13H2. The third kappa shape index (κ3) is 4.12. The van der Waals surface area contributed by atoms with Crippen LogP contribution in [0.25, 0.3) is 0 Å². The molecule has 1 aliphatic rings. The third-order valence-electron chi connectivity index (χ3n) is 4.26. The molecule has 0 atom stereocenters. The van der Waals surface area contributed by atoms with E-state index in [2.05, 4.69) is 14.8 Å². The number of nitrogens with zero attached hydrogens (tertiary/aromatic N) is 4. The number of hydrogen-bond donors (Lipinski definition) is 0. The lowest BCUT2D eigenvalue weighted by Crippen LogP contribution is -2.45. The van der Waals surface area contributed by atoms with Gasteiger partial charge in [-0.2, -0.15) is 0 Å². The van der Waals surface area contributed by atoms with Crippen LogP contribution < -0.4 is 0 Å². The minimum absolute atomic E-state index is 0.210. The van der Waals surface area contributed by atoms with Crippen molar-refractivity contribution in [1.29, 1.82) is 0 Å². The van der Waals surface area contributed by atoms with Crippen LogP contribution in [0.3, 0.4) is 0 Å². The van der Waals surface area contributed by atoms with Crippen molar-refractivity contribution >= 4 is 5.69 Å². The Morgan fingerprint density at radius 2 is 1.67 bits per heavy atom. The van der Waals surface area contributed by atoms with E-state index in [1.807, 2.05) is 12.1 Å². The highest BCUT2D eigenvalue weighted by Gasteiger charge is 2.19. The molecule has 0 saturated carbocycles. The molecule has 0 amide bonds. The van der Waals surface area contributed by atoms with E-state index in [9.17, 15) is 14.5 Å². The number of non-ortho nitro benzene ring substituents is 1. The van der Waals surface area contributed by atoms with Gasteiger partial charge in [-0.05, 0) is 23.8 Å². The summed E-state index contributed by atoms with van der Waals surface area (Å²) in [5.74, 6) is -0.511. The maximum Gasteiger partial charge on any atom is 0.272 e. The second kappa shape index (κ2) is 7.46. The molecule has 1 aromatic heterocycles. The Balaban J connectivity index is 1.53. The van der Waals surface area contributed by atoms with Crippen LogP contribution in [0.5, 0.6) is 0 Å². The zero-order valence-electron chi connectivity index (χ0n) is 13.3. The normalized spacial score (nSPS) is 16.2. The minimum atomic E-state index is -0.579. The summed E-state index contributed by atoms with van der Waals surface area (Å²) in [6.45, 7) is 4.89. The number of halogens is 1. The van der Waals surface area contributed by atoms with Gasteiger partial charge in [0.1, 0.15) is 5.82 Å². The van der Waals surface area contributed by atoms with Crippen molar-refractivity contribution in [3.05, 3.63) is 69.8 Å². The molecule has 3 rings (SSSR count). The number of piperazine rings is 1. The highest BCUT2D eigenvalue weighted by molar-refractivity contribution is 5.34. The van der Waals surface area contributed by atoms with Crippen LogP contribution in [0.2, 0.25) is 0 Å². The molecule has 1 fully saturated rings. The summed E-state index contributed by atoms with van der Waals surface area (Å²) in [7, 11) is 0. The van der Waals surface area contributed by atoms with Gasteiger partial charge in [-0.25, -0.2) is 4.39 Å². The van der Waals surface area contributed by atoms with E-state index in [0.717, 1.165) is 38.8 Å². The average Bonchev–Trinajstić information content (AvgIpc) is 2.59. The highest BCUT2D eigenvalue weighted by Crippen LogP contribution is 2.19. The molecule has 1 saturated heterocycles. The first kappa shape index (κ1) is 16.5. The number of nitro groups is 1. The van der Waals surface area contributed by atoms with Crippen LogP contribution in [0.15, 0.2) is 42.7 Å². The summed E-state index contributed by atoms with van der Waals surface area (Å²) in [5.41, 5.74) is 1.53. The lowest BCUT2D eigenvalue weighted by atomic mass is 10.1. The van der Waals surface area contributed by atoms with Gasteiger partial charge in [-0.15, -0.1) is 0 Å². The number of benzene rings is 1. The second-order valence-electron chi connectivity index (χ2n) is 5.94. The molecular formula is C17H19FN4O2. The summed E-state index contributed by atoms with van der Waals surface area (Å²) < 4.78 is 14.0. The third-order valence-corrected chi connectivity index (χ3v) is 4.26. The first-order chi connectivity index (χ1) is 11.6. The second-order valence-corrected chi connectivity index (χ2v) is 5.94. The first-order valence-corrected chi connectivity index (χ1v) is 7.88. The van der Waals surface area contributed by atoms with Crippen molar-refractivity contribution in [3.63, 3.8) is 0 Å². The van der Waals surface area contributed by atoms with Gasteiger partial charge in [0.25, 0.3) is 5.69 Å². The van der Waals surface area contributed by atoms with Crippen molar-refractivity contribution in [2.75, 3.05) is 26.2 Å². The fourth-order valence-corrected chi connectivity index (χ4v) is 2.87. The van der Waals surface area contributed by atoms with E-state index in [0.29, 0.717) is 12.1 Å². The number of hydrogen-bond acceptors (Lipinski definition) is 5. The van der Waals surface area contributed by atoms with Gasteiger partial charge >= 0.3 is 0 Å². The van der Waals surface area contributed by atoms with E-state index in [4.69, 9.17) is 0 Å². The summed E-state index contributed by atoms with van der Waals surface area (Å²) in [4.78, 5) is 18.6. The molecule has 1 aromatic carbocycles. The Hall–Kier alpha value is -2.38. The summed E-state index contributed by atoms with van der Waals surface area (Å²) in [6.07, 6.45) is 3.59. The number of nitro benzene ring substituents is 1. The molecule has 0 radical (unpaired) electrons. The Kier molecular flexibility index (Phi) is 5.12. The Morgan fingerprint density at radius 3 is 2.25 bits per heavy atom. The Labute approximate surface area is 139 Å². The van der Waals surface area contributed by atoms with Crippen LogP contribution in [0.1, 0.15) is 11.1 Å². The monoisotopic (exact) mass is 330 g/mol. The van der Waals surface area contributed by atoms with Crippen molar-refractivity contribution in [1.82, 2.24) is 14.8 Å². The molecule has 0 unspecified atom stereocenters. The fourth-order valence-electron chi connectivity index (χ4n) is 2.87. The van der Waals surface area contributed by atoms with Gasteiger partial charge in [0.15, 0.2) is 0 Å². The predicted molar refractivity (Wildman–Crippen MR) is 87.8 cm³/mol. The molecule has 0 spiro atoms. The molecule has 2 aromatic rings. The van der Waals surface area contributed by atoms with Gasteiger partial charge in [0.05, 0.1) is 11.0 Å². The molecule has 6 nitrogen and oxygen atoms in total. The van der Waals surface area contributed by atoms with Crippen LogP contribution in [0.4, 0.5) is 10.1 Å². The molecule has 126 valence electrons. The van der Waals surface area contributed by atoms with Crippen molar-refractivity contribution in [2.45, 2.75) is 13.1 Å². The van der Waals surface area contributed by atoms with Gasteiger partial charge in [0, 0.05) is 63.3 Å². The molecular weight excluding hydrogens is 311 g/mol. The molecule has 1 aliphatic heterocycles. The number of rotatable bonds is 5. The SMILES string of the molecule is O=[N+]([O-])c1ccc(CN2CCN(Cc3ccncc3)CC2)c(F)c1. The fraction of sp³-hybridized carbons (Fsp3) is 0.353. The highest BCUT2D eigenvalue weighted by atomic mass is 19.1. The molecule has 24 heavy (non-hydrogen) atoms. The van der Waals surface area contributed by atoms with Crippen molar-refractivity contribution in [2.24, 2.45) is 0 Å². The zero-order chi connectivity index (χ0) is 16.9. The van der Waals surface area contributed by atoms with E-state index in [1.54, 1.807) is 12.4 Å². The molecule has 0 aliphatic carbocycles. The van der Waals surface area contributed by atoms with Crippen LogP contribution in [-0.4, -0.2) is 45.9 Å². The van der Waals surface area contributed by atoms with Gasteiger partial charge in [-0.1, -0.05) is 0 Å². The summed E-state index contributed by atoms with van der Waals surface area (Å²) >= 11 is 0. The smallest absolute Gasteiger partial charge is 0.272 e. The van der Waals surface area contributed by atoms with Crippen LogP contribution in [-0.2, 0) is 13.1 Å². The van der Waals surface area contributed by atoms with E-state index in [-0.39, 0.29) is 5.69 Å². The Morgan fingerprint density at radius 1 is 1.04 bits per heavy atom. The maximum absolute atomic E-state index is 14.0. The Bertz CT molecular complexity index is 703. The van der Waals surface area contributed by atoms with E-state index >= 15 is 0 Å². The average molecular weight is 330 g/mol. The van der Waals surface area contributed by atoms with Crippen LogP contribution >= 0.6 is 0 Å². The van der Waals surface area contributed by atoms with Gasteiger partial charge in [0.2, 0.25) is 0 Å². The van der Waals surface area contributed by atoms with Crippen LogP contribution in [0, 0.1) is 15.9 Å². The molecule has 0 N–H and O–H groups in total. The maximum atomic E-state index is 14.0. The van der Waals surface area contributed by atoms with Crippen molar-refractivity contribution in [3.8, 4) is 0 Å². The zero-order valence-corrected chi connectivity index (χ0v) is 13.3. The number of pyridine rings is 1. The predicted octanol–water partition coefficient (Wildman–Crippen LogP) is 2.45.